The van der Waals surface area contributed by atoms with Crippen LogP contribution in [0.3, 0.4) is 0 Å². The van der Waals surface area contributed by atoms with Crippen molar-refractivity contribution >= 4 is 18.3 Å². The predicted molar refractivity (Wildman–Crippen MR) is 163 cm³/mol. The summed E-state index contributed by atoms with van der Waals surface area (Å²) in [6.45, 7) is 6.50. The number of halogens is 1. The number of benzene rings is 3. The third-order valence-electron chi connectivity index (χ3n) is 8.69. The fourth-order valence-electron chi connectivity index (χ4n) is 6.31. The number of carbonyl (C=O) groups is 1. The molecule has 2 aliphatic heterocycles. The summed E-state index contributed by atoms with van der Waals surface area (Å²) in [4.78, 5) is 18.0. The van der Waals surface area contributed by atoms with Crippen molar-refractivity contribution in [1.82, 2.24) is 15.1 Å². The van der Waals surface area contributed by atoms with Crippen LogP contribution in [0.2, 0.25) is 0 Å². The second kappa shape index (κ2) is 14.6. The van der Waals surface area contributed by atoms with Crippen LogP contribution in [0.1, 0.15) is 42.4 Å². The summed E-state index contributed by atoms with van der Waals surface area (Å²) in [5.74, 6) is 0.914. The maximum absolute atomic E-state index is 13.1. The van der Waals surface area contributed by atoms with Gasteiger partial charge >= 0.3 is 0 Å². The molecule has 3 aromatic rings. The number of nitrogens with one attached hydrogen (secondary N) is 1. The first-order valence-electron chi connectivity index (χ1n) is 14.5. The van der Waals surface area contributed by atoms with E-state index in [9.17, 15) is 4.79 Å². The van der Waals surface area contributed by atoms with Crippen LogP contribution in [0, 0.1) is 11.3 Å². The van der Waals surface area contributed by atoms with Crippen molar-refractivity contribution in [3.63, 3.8) is 0 Å². The van der Waals surface area contributed by atoms with E-state index in [1.165, 1.54) is 29.5 Å². The molecule has 0 aliphatic carbocycles. The first-order valence-corrected chi connectivity index (χ1v) is 14.5. The average Bonchev–Trinajstić information content (AvgIpc) is 2.96. The lowest BCUT2D eigenvalue weighted by Gasteiger charge is -2.42. The molecule has 2 aliphatic rings. The van der Waals surface area contributed by atoms with E-state index in [1.807, 2.05) is 0 Å². The summed E-state index contributed by atoms with van der Waals surface area (Å²) in [5.41, 5.74) is 4.30. The summed E-state index contributed by atoms with van der Waals surface area (Å²) >= 11 is 0. The zero-order valence-electron chi connectivity index (χ0n) is 23.1. The first-order chi connectivity index (χ1) is 18.7. The molecule has 0 radical (unpaired) electrons. The van der Waals surface area contributed by atoms with Crippen molar-refractivity contribution < 1.29 is 4.79 Å². The molecule has 2 fully saturated rings. The van der Waals surface area contributed by atoms with Crippen molar-refractivity contribution in [2.75, 3.05) is 39.3 Å². The molecule has 1 amide bonds. The lowest BCUT2D eigenvalue weighted by molar-refractivity contribution is -0.123. The molecule has 0 unspecified atom stereocenters. The molecule has 0 saturated carbocycles. The molecule has 2 heterocycles. The highest BCUT2D eigenvalue weighted by Gasteiger charge is 2.35. The highest BCUT2D eigenvalue weighted by Crippen LogP contribution is 2.35. The fraction of sp³-hybridized carbons (Fsp3) is 0.441. The smallest absolute Gasteiger partial charge is 0.234 e. The second-order valence-electron chi connectivity index (χ2n) is 11.6. The summed E-state index contributed by atoms with van der Waals surface area (Å²) in [6, 6.07) is 32.4. The molecule has 0 bridgehead atoms. The van der Waals surface area contributed by atoms with Gasteiger partial charge in [0, 0.05) is 13.1 Å². The standard InChI is InChI=1S/C34H43N3O.ClH/c38-33(27-36-20-16-30(17-21-36)24-29-10-4-1-5-11-29)35-28-34(25-31-12-6-2-7-13-31)18-22-37(23-19-34)26-32-14-8-3-9-15-32;/h1-15,30H,16-28H2,(H,35,38);1H. The van der Waals surface area contributed by atoms with Crippen molar-refractivity contribution in [1.29, 1.82) is 0 Å². The van der Waals surface area contributed by atoms with Gasteiger partial charge < -0.3 is 5.32 Å². The molecule has 4 nitrogen and oxygen atoms in total. The molecule has 5 heteroatoms. The van der Waals surface area contributed by atoms with E-state index in [0.29, 0.717) is 6.54 Å². The third-order valence-corrected chi connectivity index (χ3v) is 8.69. The second-order valence-corrected chi connectivity index (χ2v) is 11.6. The molecule has 39 heavy (non-hydrogen) atoms. The maximum atomic E-state index is 13.1. The van der Waals surface area contributed by atoms with E-state index in [4.69, 9.17) is 0 Å². The minimum atomic E-state index is 0. The van der Waals surface area contributed by atoms with Gasteiger partial charge in [0.2, 0.25) is 5.91 Å². The Balaban J connectivity index is 0.00000353. The van der Waals surface area contributed by atoms with Gasteiger partial charge in [-0.3, -0.25) is 14.6 Å². The van der Waals surface area contributed by atoms with Crippen molar-refractivity contribution in [2.24, 2.45) is 11.3 Å². The van der Waals surface area contributed by atoms with Crippen molar-refractivity contribution in [3.05, 3.63) is 108 Å². The van der Waals surface area contributed by atoms with Crippen LogP contribution in [0.5, 0.6) is 0 Å². The van der Waals surface area contributed by atoms with Gasteiger partial charge in [0.15, 0.2) is 0 Å². The monoisotopic (exact) mass is 545 g/mol. The van der Waals surface area contributed by atoms with Crippen LogP contribution in [0.15, 0.2) is 91.0 Å². The molecule has 208 valence electrons. The van der Waals surface area contributed by atoms with Crippen molar-refractivity contribution in [3.8, 4) is 0 Å². The fourth-order valence-corrected chi connectivity index (χ4v) is 6.31. The third kappa shape index (κ3) is 8.93. The molecule has 0 aromatic heterocycles. The normalized spacial score (nSPS) is 18.3. The number of carbonyl (C=O) groups excluding carboxylic acids is 1. The van der Waals surface area contributed by atoms with Crippen LogP contribution >= 0.6 is 12.4 Å². The number of nitrogens with zero attached hydrogens (tertiary/aromatic N) is 2. The van der Waals surface area contributed by atoms with Gasteiger partial charge in [-0.15, -0.1) is 12.4 Å². The van der Waals surface area contributed by atoms with E-state index >= 15 is 0 Å². The first kappa shape index (κ1) is 29.3. The van der Waals surface area contributed by atoms with Gasteiger partial charge in [-0.25, -0.2) is 0 Å². The molecule has 1 N–H and O–H groups in total. The lowest BCUT2D eigenvalue weighted by Crippen LogP contribution is -2.49. The number of piperidine rings is 2. The number of amides is 1. The quantitative estimate of drug-likeness (QED) is 0.339. The Kier molecular flexibility index (Phi) is 11.0. The summed E-state index contributed by atoms with van der Waals surface area (Å²) < 4.78 is 0. The van der Waals surface area contributed by atoms with Crippen LogP contribution in [-0.2, 0) is 24.2 Å². The van der Waals surface area contributed by atoms with Gasteiger partial charge in [-0.2, -0.15) is 0 Å². The zero-order valence-corrected chi connectivity index (χ0v) is 24.0. The Morgan fingerprint density at radius 2 is 1.26 bits per heavy atom. The van der Waals surface area contributed by atoms with E-state index in [1.54, 1.807) is 0 Å². The minimum absolute atomic E-state index is 0. The lowest BCUT2D eigenvalue weighted by atomic mass is 9.73. The number of hydrogen-bond acceptors (Lipinski definition) is 3. The number of rotatable bonds is 10. The summed E-state index contributed by atoms with van der Waals surface area (Å²) in [7, 11) is 0. The molecule has 3 aromatic carbocycles. The van der Waals surface area contributed by atoms with Crippen LogP contribution in [0.25, 0.3) is 0 Å². The molecular weight excluding hydrogens is 502 g/mol. The van der Waals surface area contributed by atoms with Gasteiger partial charge in [-0.05, 0) is 92.7 Å². The van der Waals surface area contributed by atoms with Crippen LogP contribution < -0.4 is 5.32 Å². The van der Waals surface area contributed by atoms with Crippen LogP contribution in [0.4, 0.5) is 0 Å². The van der Waals surface area contributed by atoms with E-state index < -0.39 is 0 Å². The molecule has 0 spiro atoms. The molecule has 5 rings (SSSR count). The summed E-state index contributed by atoms with van der Waals surface area (Å²) in [5, 5.41) is 3.38. The van der Waals surface area contributed by atoms with E-state index in [0.717, 1.165) is 70.9 Å². The van der Waals surface area contributed by atoms with Gasteiger partial charge in [0.25, 0.3) is 0 Å². The maximum Gasteiger partial charge on any atom is 0.234 e. The average molecular weight is 546 g/mol. The van der Waals surface area contributed by atoms with Crippen molar-refractivity contribution in [2.45, 2.75) is 45.1 Å². The molecular formula is C34H44ClN3O. The van der Waals surface area contributed by atoms with E-state index in [-0.39, 0.29) is 23.7 Å². The predicted octanol–water partition coefficient (Wildman–Crippen LogP) is 6.00. The Bertz CT molecular complexity index is 1110. The Hall–Kier alpha value is -2.66. The highest BCUT2D eigenvalue weighted by atomic mass is 35.5. The number of hydrogen-bond donors (Lipinski definition) is 1. The van der Waals surface area contributed by atoms with Gasteiger partial charge in [-0.1, -0.05) is 91.0 Å². The van der Waals surface area contributed by atoms with E-state index in [2.05, 4.69) is 106 Å². The topological polar surface area (TPSA) is 35.6 Å². The van der Waals surface area contributed by atoms with Crippen LogP contribution in [-0.4, -0.2) is 55.0 Å². The number of likely N-dealkylation sites (tertiary alicyclic amines) is 2. The Morgan fingerprint density at radius 1 is 0.718 bits per heavy atom. The zero-order chi connectivity index (χ0) is 26.0. The Morgan fingerprint density at radius 3 is 1.85 bits per heavy atom. The largest absolute Gasteiger partial charge is 0.354 e. The SMILES string of the molecule is Cl.O=C(CN1CCC(Cc2ccccc2)CC1)NCC1(Cc2ccccc2)CCN(Cc2ccccc2)CC1. The Labute approximate surface area is 241 Å². The highest BCUT2D eigenvalue weighted by molar-refractivity contribution is 5.85. The minimum Gasteiger partial charge on any atom is -0.354 e. The van der Waals surface area contributed by atoms with Gasteiger partial charge in [0.1, 0.15) is 0 Å². The molecule has 2 saturated heterocycles. The van der Waals surface area contributed by atoms with Gasteiger partial charge in [0.05, 0.1) is 6.54 Å². The summed E-state index contributed by atoms with van der Waals surface area (Å²) in [6.07, 6.45) is 6.76. The molecule has 0 atom stereocenters.